The molecule has 0 bridgehead atoms. The van der Waals surface area contributed by atoms with Crippen LogP contribution in [0.2, 0.25) is 10.3 Å². The van der Waals surface area contributed by atoms with E-state index < -0.39 is 0 Å². The lowest BCUT2D eigenvalue weighted by molar-refractivity contribution is 0.354. The first kappa shape index (κ1) is 15.7. The van der Waals surface area contributed by atoms with E-state index in [1.807, 2.05) is 19.1 Å². The van der Waals surface area contributed by atoms with E-state index in [1.54, 1.807) is 14.2 Å². The first-order valence-corrected chi connectivity index (χ1v) is 6.90. The van der Waals surface area contributed by atoms with E-state index in [9.17, 15) is 0 Å². The topological polar surface area (TPSA) is 70.3 Å². The van der Waals surface area contributed by atoms with Gasteiger partial charge in [0, 0.05) is 12.0 Å². The molecule has 1 aromatic carbocycles. The molecule has 2 aromatic rings. The molecule has 0 spiro atoms. The average molecular weight is 328 g/mol. The van der Waals surface area contributed by atoms with Gasteiger partial charge in [0.1, 0.15) is 10.3 Å². The third-order valence-electron chi connectivity index (χ3n) is 3.13. The summed E-state index contributed by atoms with van der Waals surface area (Å²) in [4.78, 5) is 7.86. The zero-order valence-electron chi connectivity index (χ0n) is 11.9. The molecule has 2 rings (SSSR count). The molecule has 0 aliphatic carbocycles. The van der Waals surface area contributed by atoms with Gasteiger partial charge >= 0.3 is 0 Å². The lowest BCUT2D eigenvalue weighted by atomic mass is 10.0. The van der Waals surface area contributed by atoms with E-state index in [-0.39, 0.29) is 16.3 Å². The van der Waals surface area contributed by atoms with Crippen LogP contribution in [0.25, 0.3) is 0 Å². The molecule has 0 unspecified atom stereocenters. The molecule has 0 radical (unpaired) electrons. The standard InChI is InChI=1S/C14H15Cl2N3O2/c1-7-4-10(20-2)11(21-3)6-8(7)5-9-12(15)18-14(17)19-13(9)16/h4,6H,5H2,1-3H3,(H2,17,18,19). The van der Waals surface area contributed by atoms with Crippen molar-refractivity contribution in [3.05, 3.63) is 39.1 Å². The Kier molecular flexibility index (Phi) is 4.75. The molecule has 0 amide bonds. The number of nitrogens with two attached hydrogens (primary N) is 1. The van der Waals surface area contributed by atoms with Crippen LogP contribution in [0.15, 0.2) is 12.1 Å². The SMILES string of the molecule is COc1cc(C)c(Cc2c(Cl)nc(N)nc2Cl)cc1OC. The zero-order chi connectivity index (χ0) is 15.6. The summed E-state index contributed by atoms with van der Waals surface area (Å²) in [7, 11) is 3.18. The summed E-state index contributed by atoms with van der Waals surface area (Å²) in [5.74, 6) is 1.36. The second kappa shape index (κ2) is 6.37. The van der Waals surface area contributed by atoms with Crippen LogP contribution in [0.4, 0.5) is 5.95 Å². The van der Waals surface area contributed by atoms with Crippen molar-refractivity contribution in [3.63, 3.8) is 0 Å². The van der Waals surface area contributed by atoms with Gasteiger partial charge in [-0.1, -0.05) is 23.2 Å². The molecular weight excluding hydrogens is 313 g/mol. The summed E-state index contributed by atoms with van der Waals surface area (Å²) < 4.78 is 10.6. The molecule has 7 heteroatoms. The monoisotopic (exact) mass is 327 g/mol. The highest BCUT2D eigenvalue weighted by Crippen LogP contribution is 2.33. The number of halogens is 2. The molecule has 0 fully saturated rings. The normalized spacial score (nSPS) is 10.5. The number of nitrogen functional groups attached to an aromatic ring is 1. The van der Waals surface area contributed by atoms with E-state index in [1.165, 1.54) is 0 Å². The number of methoxy groups -OCH3 is 2. The third kappa shape index (κ3) is 3.31. The fraction of sp³-hybridized carbons (Fsp3) is 0.286. The number of ether oxygens (including phenoxy) is 2. The maximum absolute atomic E-state index is 6.10. The van der Waals surface area contributed by atoms with Crippen LogP contribution in [0.1, 0.15) is 16.7 Å². The molecular formula is C14H15Cl2N3O2. The molecule has 0 aliphatic rings. The first-order valence-electron chi connectivity index (χ1n) is 6.15. The van der Waals surface area contributed by atoms with Crippen LogP contribution >= 0.6 is 23.2 Å². The van der Waals surface area contributed by atoms with Crippen LogP contribution in [0.5, 0.6) is 11.5 Å². The minimum atomic E-state index is 0.0535. The lowest BCUT2D eigenvalue weighted by Gasteiger charge is -2.13. The Labute approximate surface area is 133 Å². The van der Waals surface area contributed by atoms with Crippen LogP contribution in [-0.4, -0.2) is 24.2 Å². The van der Waals surface area contributed by atoms with Crippen molar-refractivity contribution in [2.45, 2.75) is 13.3 Å². The Morgan fingerprint density at radius 2 is 1.57 bits per heavy atom. The average Bonchev–Trinajstić information content (AvgIpc) is 2.43. The van der Waals surface area contributed by atoms with Crippen LogP contribution < -0.4 is 15.2 Å². The summed E-state index contributed by atoms with van der Waals surface area (Å²) in [6, 6.07) is 3.78. The van der Waals surface area contributed by atoms with E-state index in [0.717, 1.165) is 11.1 Å². The van der Waals surface area contributed by atoms with Crippen molar-refractivity contribution >= 4 is 29.2 Å². The second-order valence-corrected chi connectivity index (χ2v) is 5.17. The Morgan fingerprint density at radius 1 is 1.05 bits per heavy atom. The first-order chi connectivity index (χ1) is 9.96. The fourth-order valence-electron chi connectivity index (χ4n) is 2.00. The van der Waals surface area contributed by atoms with Gasteiger partial charge in [-0.25, -0.2) is 9.97 Å². The van der Waals surface area contributed by atoms with Gasteiger partial charge < -0.3 is 15.2 Å². The van der Waals surface area contributed by atoms with Gasteiger partial charge in [-0.3, -0.25) is 0 Å². The Hall–Kier alpha value is -1.72. The van der Waals surface area contributed by atoms with Crippen LogP contribution in [0, 0.1) is 6.92 Å². The van der Waals surface area contributed by atoms with Gasteiger partial charge in [0.05, 0.1) is 14.2 Å². The van der Waals surface area contributed by atoms with Crippen molar-refractivity contribution in [2.24, 2.45) is 0 Å². The third-order valence-corrected chi connectivity index (χ3v) is 3.76. The molecule has 21 heavy (non-hydrogen) atoms. The molecule has 0 saturated heterocycles. The van der Waals surface area contributed by atoms with E-state index in [0.29, 0.717) is 23.5 Å². The van der Waals surface area contributed by atoms with Crippen molar-refractivity contribution < 1.29 is 9.47 Å². The van der Waals surface area contributed by atoms with Crippen molar-refractivity contribution in [1.82, 2.24) is 9.97 Å². The minimum Gasteiger partial charge on any atom is -0.493 e. The van der Waals surface area contributed by atoms with Crippen LogP contribution in [0.3, 0.4) is 0 Å². The predicted molar refractivity (Wildman–Crippen MR) is 83.6 cm³/mol. The van der Waals surface area contributed by atoms with Gasteiger partial charge in [-0.2, -0.15) is 0 Å². The summed E-state index contributed by atoms with van der Waals surface area (Å²) in [6.45, 7) is 1.97. The highest BCUT2D eigenvalue weighted by atomic mass is 35.5. The van der Waals surface area contributed by atoms with Gasteiger partial charge in [-0.15, -0.1) is 0 Å². The Morgan fingerprint density at radius 3 is 2.10 bits per heavy atom. The van der Waals surface area contributed by atoms with Crippen molar-refractivity contribution in [2.75, 3.05) is 20.0 Å². The number of hydrogen-bond donors (Lipinski definition) is 1. The molecule has 1 heterocycles. The Bertz CT molecular complexity index is 655. The highest BCUT2D eigenvalue weighted by Gasteiger charge is 2.15. The van der Waals surface area contributed by atoms with Gasteiger partial charge in [0.25, 0.3) is 0 Å². The number of nitrogens with zero attached hydrogens (tertiary/aromatic N) is 2. The number of benzene rings is 1. The van der Waals surface area contributed by atoms with Crippen molar-refractivity contribution in [1.29, 1.82) is 0 Å². The number of aromatic nitrogens is 2. The maximum Gasteiger partial charge on any atom is 0.222 e. The number of aryl methyl sites for hydroxylation is 1. The number of rotatable bonds is 4. The fourth-order valence-corrected chi connectivity index (χ4v) is 2.53. The quantitative estimate of drug-likeness (QED) is 0.872. The summed E-state index contributed by atoms with van der Waals surface area (Å²) in [6.07, 6.45) is 0.476. The summed E-state index contributed by atoms with van der Waals surface area (Å²) in [5, 5.41) is 0.503. The largest absolute Gasteiger partial charge is 0.493 e. The van der Waals surface area contributed by atoms with Gasteiger partial charge in [-0.05, 0) is 30.2 Å². The molecule has 112 valence electrons. The molecule has 0 saturated carbocycles. The zero-order valence-corrected chi connectivity index (χ0v) is 13.4. The van der Waals surface area contributed by atoms with Crippen LogP contribution in [-0.2, 0) is 6.42 Å². The van der Waals surface area contributed by atoms with Crippen molar-refractivity contribution in [3.8, 4) is 11.5 Å². The van der Waals surface area contributed by atoms with E-state index >= 15 is 0 Å². The predicted octanol–water partition coefficient (Wildman–Crippen LogP) is 3.28. The Balaban J connectivity index is 2.45. The number of anilines is 1. The smallest absolute Gasteiger partial charge is 0.222 e. The molecule has 1 aromatic heterocycles. The lowest BCUT2D eigenvalue weighted by Crippen LogP contribution is -2.02. The van der Waals surface area contributed by atoms with E-state index in [4.69, 9.17) is 38.4 Å². The molecule has 0 aliphatic heterocycles. The van der Waals surface area contributed by atoms with Gasteiger partial charge in [0.15, 0.2) is 11.5 Å². The van der Waals surface area contributed by atoms with E-state index in [2.05, 4.69) is 9.97 Å². The maximum atomic E-state index is 6.10. The minimum absolute atomic E-state index is 0.0535. The molecule has 2 N–H and O–H groups in total. The molecule has 0 atom stereocenters. The summed E-state index contributed by atoms with van der Waals surface area (Å²) in [5.41, 5.74) is 8.15. The summed E-state index contributed by atoms with van der Waals surface area (Å²) >= 11 is 12.2. The van der Waals surface area contributed by atoms with Gasteiger partial charge in [0.2, 0.25) is 5.95 Å². The second-order valence-electron chi connectivity index (χ2n) is 4.45. The number of hydrogen-bond acceptors (Lipinski definition) is 5. The highest BCUT2D eigenvalue weighted by molar-refractivity contribution is 6.34. The molecule has 5 nitrogen and oxygen atoms in total.